The minimum atomic E-state index is 0.181. The minimum absolute atomic E-state index is 0.181. The molecule has 0 spiro atoms. The highest BCUT2D eigenvalue weighted by Gasteiger charge is 2.11. The summed E-state index contributed by atoms with van der Waals surface area (Å²) in [6.07, 6.45) is 2.05. The van der Waals surface area contributed by atoms with E-state index in [1.807, 2.05) is 0 Å². The monoisotopic (exact) mass is 360 g/mol. The summed E-state index contributed by atoms with van der Waals surface area (Å²) < 4.78 is 1.11. The number of halogens is 1. The predicted octanol–water partition coefficient (Wildman–Crippen LogP) is 4.80. The zero-order valence-electron chi connectivity index (χ0n) is 11.6. The van der Waals surface area contributed by atoms with Gasteiger partial charge in [0, 0.05) is 15.4 Å². The van der Waals surface area contributed by atoms with E-state index < -0.39 is 0 Å². The summed E-state index contributed by atoms with van der Waals surface area (Å²) in [4.78, 5) is 1.40. The molecule has 1 unspecified atom stereocenters. The summed E-state index contributed by atoms with van der Waals surface area (Å²) in [6, 6.07) is 17.3. The van der Waals surface area contributed by atoms with Gasteiger partial charge in [-0.15, -0.1) is 11.3 Å². The van der Waals surface area contributed by atoms with Gasteiger partial charge in [0.1, 0.15) is 0 Å². The van der Waals surface area contributed by atoms with Gasteiger partial charge in [-0.05, 0) is 58.8 Å². The van der Waals surface area contributed by atoms with Crippen LogP contribution in [0.25, 0.3) is 10.8 Å². The number of fused-ring (bicyclic) bond motifs is 1. The average Bonchev–Trinajstić information content (AvgIpc) is 3.01. The summed E-state index contributed by atoms with van der Waals surface area (Å²) in [7, 11) is 0. The lowest BCUT2D eigenvalue weighted by Crippen LogP contribution is -2.28. The number of benzene rings is 2. The Morgan fingerprint density at radius 2 is 1.90 bits per heavy atom. The Bertz CT molecular complexity index is 725. The van der Waals surface area contributed by atoms with Crippen LogP contribution >= 0.6 is 27.3 Å². The third-order valence-corrected chi connectivity index (χ3v) is 5.12. The molecule has 1 heterocycles. The molecule has 0 saturated heterocycles. The molecule has 0 radical (unpaired) electrons. The van der Waals surface area contributed by atoms with E-state index in [1.165, 1.54) is 21.2 Å². The number of hydrazine groups is 1. The molecule has 0 aliphatic carbocycles. The second kappa shape index (κ2) is 6.71. The summed E-state index contributed by atoms with van der Waals surface area (Å²) in [5.41, 5.74) is 4.19. The van der Waals surface area contributed by atoms with Gasteiger partial charge >= 0.3 is 0 Å². The number of thiophene rings is 1. The molecule has 0 aliphatic heterocycles. The molecular weight excluding hydrogens is 344 g/mol. The van der Waals surface area contributed by atoms with Crippen LogP contribution in [-0.2, 0) is 6.42 Å². The van der Waals surface area contributed by atoms with E-state index in [4.69, 9.17) is 5.84 Å². The van der Waals surface area contributed by atoms with Crippen molar-refractivity contribution >= 4 is 38.0 Å². The molecule has 0 bridgehead atoms. The van der Waals surface area contributed by atoms with Gasteiger partial charge in [-0.2, -0.15) is 0 Å². The fourth-order valence-corrected chi connectivity index (χ4v) is 3.64. The molecule has 0 aliphatic rings. The van der Waals surface area contributed by atoms with Crippen LogP contribution in [-0.4, -0.2) is 0 Å². The van der Waals surface area contributed by atoms with E-state index in [9.17, 15) is 0 Å². The first-order valence-corrected chi connectivity index (χ1v) is 8.61. The molecule has 108 valence electrons. The number of nitrogens with two attached hydrogens (primary N) is 1. The zero-order chi connectivity index (χ0) is 14.7. The summed E-state index contributed by atoms with van der Waals surface area (Å²) in [5.74, 6) is 5.76. The normalized spacial score (nSPS) is 12.7. The van der Waals surface area contributed by atoms with E-state index in [0.717, 1.165) is 17.3 Å². The second-order valence-electron chi connectivity index (χ2n) is 5.09. The fourth-order valence-electron chi connectivity index (χ4n) is 2.54. The van der Waals surface area contributed by atoms with Gasteiger partial charge in [0.05, 0.1) is 0 Å². The highest BCUT2D eigenvalue weighted by molar-refractivity contribution is 9.10. The van der Waals surface area contributed by atoms with E-state index >= 15 is 0 Å². The quantitative estimate of drug-likeness (QED) is 0.506. The molecule has 3 N–H and O–H groups in total. The van der Waals surface area contributed by atoms with Crippen LogP contribution in [0.1, 0.15) is 22.9 Å². The Hall–Kier alpha value is -1.20. The number of aryl methyl sites for hydroxylation is 1. The van der Waals surface area contributed by atoms with Gasteiger partial charge in [-0.3, -0.25) is 11.3 Å². The lowest BCUT2D eigenvalue weighted by atomic mass is 9.99. The third kappa shape index (κ3) is 3.52. The molecule has 0 amide bonds. The van der Waals surface area contributed by atoms with Crippen molar-refractivity contribution in [2.75, 3.05) is 0 Å². The lowest BCUT2D eigenvalue weighted by Gasteiger charge is -2.16. The number of rotatable bonds is 5. The highest BCUT2D eigenvalue weighted by Crippen LogP contribution is 2.26. The van der Waals surface area contributed by atoms with Gasteiger partial charge in [-0.25, -0.2) is 0 Å². The zero-order valence-corrected chi connectivity index (χ0v) is 14.0. The smallest absolute Gasteiger partial charge is 0.0463 e. The van der Waals surface area contributed by atoms with E-state index in [-0.39, 0.29) is 6.04 Å². The fraction of sp³-hybridized carbons (Fsp3) is 0.176. The first-order chi connectivity index (χ1) is 10.3. The van der Waals surface area contributed by atoms with Crippen LogP contribution in [0.3, 0.4) is 0 Å². The van der Waals surface area contributed by atoms with Gasteiger partial charge in [0.25, 0.3) is 0 Å². The molecule has 0 saturated carbocycles. The van der Waals surface area contributed by atoms with Gasteiger partial charge in [-0.1, -0.05) is 40.2 Å². The Labute approximate surface area is 137 Å². The maximum atomic E-state index is 5.76. The van der Waals surface area contributed by atoms with Crippen LogP contribution in [0, 0.1) is 0 Å². The van der Waals surface area contributed by atoms with E-state index in [1.54, 1.807) is 11.3 Å². The molecule has 0 fully saturated rings. The van der Waals surface area contributed by atoms with E-state index in [2.05, 4.69) is 75.3 Å². The molecule has 21 heavy (non-hydrogen) atoms. The Morgan fingerprint density at radius 3 is 2.67 bits per heavy atom. The first kappa shape index (κ1) is 14.7. The number of nitrogens with one attached hydrogen (secondary N) is 1. The van der Waals surface area contributed by atoms with Crippen molar-refractivity contribution in [2.24, 2.45) is 5.84 Å². The molecule has 2 nitrogen and oxygen atoms in total. The molecule has 3 aromatic rings. The van der Waals surface area contributed by atoms with Gasteiger partial charge in [0.2, 0.25) is 0 Å². The standard InChI is InChI=1S/C17H17BrN2S/c18-15-6-5-12-10-14(4-3-13(12)11-15)17(20-19)8-7-16-2-1-9-21-16/h1-6,9-11,17,20H,7-8,19H2. The summed E-state index contributed by atoms with van der Waals surface area (Å²) in [6.45, 7) is 0. The Morgan fingerprint density at radius 1 is 1.10 bits per heavy atom. The highest BCUT2D eigenvalue weighted by atomic mass is 79.9. The van der Waals surface area contributed by atoms with Crippen molar-refractivity contribution in [2.45, 2.75) is 18.9 Å². The van der Waals surface area contributed by atoms with Gasteiger partial charge in [0.15, 0.2) is 0 Å². The van der Waals surface area contributed by atoms with Crippen molar-refractivity contribution in [1.29, 1.82) is 0 Å². The Balaban J connectivity index is 1.81. The summed E-state index contributed by atoms with van der Waals surface area (Å²) in [5, 5.41) is 4.60. The summed E-state index contributed by atoms with van der Waals surface area (Å²) >= 11 is 5.31. The van der Waals surface area contributed by atoms with Crippen LogP contribution in [0.2, 0.25) is 0 Å². The van der Waals surface area contributed by atoms with Crippen molar-refractivity contribution in [3.05, 3.63) is 68.8 Å². The van der Waals surface area contributed by atoms with Crippen molar-refractivity contribution in [1.82, 2.24) is 5.43 Å². The topological polar surface area (TPSA) is 38.0 Å². The molecule has 2 aromatic carbocycles. The number of hydrogen-bond acceptors (Lipinski definition) is 3. The molecule has 4 heteroatoms. The lowest BCUT2D eigenvalue weighted by molar-refractivity contribution is 0.518. The van der Waals surface area contributed by atoms with Crippen LogP contribution in [0.5, 0.6) is 0 Å². The van der Waals surface area contributed by atoms with Crippen molar-refractivity contribution in [3.63, 3.8) is 0 Å². The predicted molar refractivity (Wildman–Crippen MR) is 94.4 cm³/mol. The maximum Gasteiger partial charge on any atom is 0.0463 e. The first-order valence-electron chi connectivity index (χ1n) is 6.94. The average molecular weight is 361 g/mol. The minimum Gasteiger partial charge on any atom is -0.271 e. The molecular formula is C17H17BrN2S. The van der Waals surface area contributed by atoms with Crippen molar-refractivity contribution in [3.8, 4) is 0 Å². The largest absolute Gasteiger partial charge is 0.271 e. The molecule has 1 atom stereocenters. The van der Waals surface area contributed by atoms with Crippen LogP contribution in [0.4, 0.5) is 0 Å². The third-order valence-electron chi connectivity index (χ3n) is 3.69. The van der Waals surface area contributed by atoms with Crippen molar-refractivity contribution < 1.29 is 0 Å². The van der Waals surface area contributed by atoms with Crippen LogP contribution < -0.4 is 11.3 Å². The maximum absolute atomic E-state index is 5.76. The SMILES string of the molecule is NNC(CCc1cccs1)c1ccc2cc(Br)ccc2c1. The second-order valence-corrected chi connectivity index (χ2v) is 7.04. The van der Waals surface area contributed by atoms with Crippen LogP contribution in [0.15, 0.2) is 58.4 Å². The molecule has 1 aromatic heterocycles. The number of hydrogen-bond donors (Lipinski definition) is 2. The molecule has 3 rings (SSSR count). The van der Waals surface area contributed by atoms with Gasteiger partial charge < -0.3 is 0 Å². The van der Waals surface area contributed by atoms with E-state index in [0.29, 0.717) is 0 Å². The Kier molecular flexibility index (Phi) is 4.70.